The van der Waals surface area contributed by atoms with Crippen molar-refractivity contribution >= 4 is 5.97 Å². The van der Waals surface area contributed by atoms with Crippen molar-refractivity contribution in [2.75, 3.05) is 0 Å². The largest absolute Gasteiger partial charge is 0.450 e. The fourth-order valence-electron chi connectivity index (χ4n) is 2.67. The first-order chi connectivity index (χ1) is 9.77. The Balaban J connectivity index is 2.26. The molecule has 0 N–H and O–H groups in total. The van der Waals surface area contributed by atoms with Gasteiger partial charge in [-0.1, -0.05) is 49.8 Å². The molecule has 0 bridgehead atoms. The maximum absolute atomic E-state index is 12.1. The summed E-state index contributed by atoms with van der Waals surface area (Å²) in [6, 6.07) is 10.0. The molecule has 106 valence electrons. The Morgan fingerprint density at radius 2 is 2.00 bits per heavy atom. The first kappa shape index (κ1) is 14.6. The van der Waals surface area contributed by atoms with Gasteiger partial charge in [0.05, 0.1) is 0 Å². The van der Waals surface area contributed by atoms with Crippen molar-refractivity contribution in [3.05, 3.63) is 59.7 Å². The van der Waals surface area contributed by atoms with E-state index in [4.69, 9.17) is 4.74 Å². The quantitative estimate of drug-likeness (QED) is 0.406. The summed E-state index contributed by atoms with van der Waals surface area (Å²) in [4.78, 5) is 12.1. The van der Waals surface area contributed by atoms with Crippen molar-refractivity contribution in [3.8, 4) is 0 Å². The molecular formula is C18H22O2. The van der Waals surface area contributed by atoms with Gasteiger partial charge in [-0.05, 0) is 36.8 Å². The fraction of sp³-hybridized carbons (Fsp3) is 0.389. The SMILES string of the molecule is C=CCCCC1=C(CCC)C(=O)OC1c1ccccc1. The van der Waals surface area contributed by atoms with Gasteiger partial charge in [-0.3, -0.25) is 0 Å². The van der Waals surface area contributed by atoms with E-state index in [-0.39, 0.29) is 12.1 Å². The summed E-state index contributed by atoms with van der Waals surface area (Å²) in [6.07, 6.45) is 6.42. The van der Waals surface area contributed by atoms with Gasteiger partial charge in [0.2, 0.25) is 0 Å². The second-order valence-electron chi connectivity index (χ2n) is 5.13. The Morgan fingerprint density at radius 1 is 1.25 bits per heavy atom. The monoisotopic (exact) mass is 270 g/mol. The molecule has 2 heteroatoms. The predicted molar refractivity (Wildman–Crippen MR) is 81.3 cm³/mol. The highest BCUT2D eigenvalue weighted by Crippen LogP contribution is 2.39. The van der Waals surface area contributed by atoms with Crippen LogP contribution in [-0.2, 0) is 9.53 Å². The molecule has 0 aromatic heterocycles. The fourth-order valence-corrected chi connectivity index (χ4v) is 2.67. The maximum atomic E-state index is 12.1. The van der Waals surface area contributed by atoms with Crippen LogP contribution in [0.5, 0.6) is 0 Å². The van der Waals surface area contributed by atoms with Crippen LogP contribution in [0.3, 0.4) is 0 Å². The molecule has 2 rings (SSSR count). The molecule has 0 radical (unpaired) electrons. The van der Waals surface area contributed by atoms with E-state index >= 15 is 0 Å². The summed E-state index contributed by atoms with van der Waals surface area (Å²) in [5.74, 6) is -0.130. The molecule has 0 saturated heterocycles. The topological polar surface area (TPSA) is 26.3 Å². The third kappa shape index (κ3) is 3.19. The van der Waals surface area contributed by atoms with Crippen molar-refractivity contribution in [1.82, 2.24) is 0 Å². The lowest BCUT2D eigenvalue weighted by molar-refractivity contribution is -0.140. The van der Waals surface area contributed by atoms with Crippen molar-refractivity contribution in [1.29, 1.82) is 0 Å². The minimum Gasteiger partial charge on any atom is -0.450 e. The predicted octanol–water partition coefficient (Wildman–Crippen LogP) is 4.74. The van der Waals surface area contributed by atoms with E-state index in [0.717, 1.165) is 43.2 Å². The zero-order valence-corrected chi connectivity index (χ0v) is 12.1. The highest BCUT2D eigenvalue weighted by atomic mass is 16.5. The van der Waals surface area contributed by atoms with Crippen LogP contribution in [0.1, 0.15) is 50.7 Å². The van der Waals surface area contributed by atoms with Crippen LogP contribution < -0.4 is 0 Å². The van der Waals surface area contributed by atoms with Crippen LogP contribution in [0.25, 0.3) is 0 Å². The Bertz CT molecular complexity index is 499. The number of allylic oxidation sites excluding steroid dienone is 1. The average molecular weight is 270 g/mol. The van der Waals surface area contributed by atoms with Crippen molar-refractivity contribution in [2.24, 2.45) is 0 Å². The third-order valence-corrected chi connectivity index (χ3v) is 3.63. The van der Waals surface area contributed by atoms with Gasteiger partial charge < -0.3 is 4.74 Å². The van der Waals surface area contributed by atoms with E-state index in [0.29, 0.717) is 0 Å². The van der Waals surface area contributed by atoms with Gasteiger partial charge in [0.15, 0.2) is 0 Å². The summed E-state index contributed by atoms with van der Waals surface area (Å²) in [7, 11) is 0. The Morgan fingerprint density at radius 3 is 2.65 bits per heavy atom. The highest BCUT2D eigenvalue weighted by Gasteiger charge is 2.33. The lowest BCUT2D eigenvalue weighted by atomic mass is 9.93. The van der Waals surface area contributed by atoms with Crippen LogP contribution in [0.4, 0.5) is 0 Å². The molecule has 0 fully saturated rings. The number of hydrogen-bond acceptors (Lipinski definition) is 2. The van der Waals surface area contributed by atoms with Crippen molar-refractivity contribution in [2.45, 2.75) is 45.1 Å². The Labute approximate surface area is 121 Å². The third-order valence-electron chi connectivity index (χ3n) is 3.63. The number of carbonyl (C=O) groups is 1. The molecule has 1 aromatic carbocycles. The molecule has 1 aromatic rings. The second-order valence-corrected chi connectivity index (χ2v) is 5.13. The van der Waals surface area contributed by atoms with E-state index in [2.05, 4.69) is 13.5 Å². The van der Waals surface area contributed by atoms with Gasteiger partial charge in [-0.15, -0.1) is 6.58 Å². The number of unbranched alkanes of at least 4 members (excludes halogenated alkanes) is 1. The Hall–Kier alpha value is -1.83. The number of cyclic esters (lactones) is 1. The normalized spacial score (nSPS) is 18.2. The lowest BCUT2D eigenvalue weighted by Gasteiger charge is -2.14. The molecule has 0 spiro atoms. The second kappa shape index (κ2) is 7.09. The molecule has 1 atom stereocenters. The molecule has 20 heavy (non-hydrogen) atoms. The minimum atomic E-state index is -0.185. The van der Waals surface area contributed by atoms with Gasteiger partial charge in [0.1, 0.15) is 6.10 Å². The smallest absolute Gasteiger partial charge is 0.335 e. The molecule has 2 nitrogen and oxygen atoms in total. The molecule has 1 aliphatic heterocycles. The molecule has 1 heterocycles. The highest BCUT2D eigenvalue weighted by molar-refractivity contribution is 5.92. The van der Waals surface area contributed by atoms with E-state index in [1.807, 2.05) is 36.4 Å². The molecule has 0 saturated carbocycles. The van der Waals surface area contributed by atoms with Gasteiger partial charge in [0, 0.05) is 5.57 Å². The van der Waals surface area contributed by atoms with E-state index in [1.54, 1.807) is 0 Å². The zero-order chi connectivity index (χ0) is 14.4. The number of carbonyl (C=O) groups excluding carboxylic acids is 1. The summed E-state index contributed by atoms with van der Waals surface area (Å²) >= 11 is 0. The van der Waals surface area contributed by atoms with Crippen molar-refractivity contribution < 1.29 is 9.53 Å². The summed E-state index contributed by atoms with van der Waals surface area (Å²) < 4.78 is 5.62. The van der Waals surface area contributed by atoms with Crippen LogP contribution in [0, 0.1) is 0 Å². The van der Waals surface area contributed by atoms with Gasteiger partial charge in [-0.25, -0.2) is 4.79 Å². The minimum absolute atomic E-state index is 0.130. The van der Waals surface area contributed by atoms with E-state index in [9.17, 15) is 4.79 Å². The van der Waals surface area contributed by atoms with Gasteiger partial charge in [0.25, 0.3) is 0 Å². The van der Waals surface area contributed by atoms with Crippen LogP contribution in [0.15, 0.2) is 54.1 Å². The summed E-state index contributed by atoms with van der Waals surface area (Å²) in [5.41, 5.74) is 3.14. The number of hydrogen-bond donors (Lipinski definition) is 0. The number of benzene rings is 1. The number of esters is 1. The number of ether oxygens (including phenoxy) is 1. The molecule has 1 aliphatic rings. The van der Waals surface area contributed by atoms with Crippen LogP contribution in [0.2, 0.25) is 0 Å². The molecule has 1 unspecified atom stereocenters. The molecule has 0 amide bonds. The molecule has 0 aliphatic carbocycles. The van der Waals surface area contributed by atoms with Gasteiger partial charge >= 0.3 is 5.97 Å². The van der Waals surface area contributed by atoms with Crippen molar-refractivity contribution in [3.63, 3.8) is 0 Å². The number of rotatable bonds is 7. The van der Waals surface area contributed by atoms with E-state index in [1.165, 1.54) is 5.57 Å². The lowest BCUT2D eigenvalue weighted by Crippen LogP contribution is -2.03. The van der Waals surface area contributed by atoms with Crippen LogP contribution in [-0.4, -0.2) is 5.97 Å². The average Bonchev–Trinajstić information content (AvgIpc) is 2.78. The first-order valence-corrected chi connectivity index (χ1v) is 7.36. The zero-order valence-electron chi connectivity index (χ0n) is 12.1. The summed E-state index contributed by atoms with van der Waals surface area (Å²) in [5, 5.41) is 0. The first-order valence-electron chi connectivity index (χ1n) is 7.36. The maximum Gasteiger partial charge on any atom is 0.335 e. The standard InChI is InChI=1S/C18H22O2/c1-3-5-7-13-15-16(10-4-2)18(19)20-17(15)14-11-8-6-9-12-14/h3,6,8-9,11-12,17H,1,4-5,7,10,13H2,2H3. The van der Waals surface area contributed by atoms with E-state index < -0.39 is 0 Å². The van der Waals surface area contributed by atoms with Gasteiger partial charge in [-0.2, -0.15) is 0 Å². The summed E-state index contributed by atoms with van der Waals surface area (Å²) in [6.45, 7) is 5.85. The van der Waals surface area contributed by atoms with Crippen LogP contribution >= 0.6 is 0 Å². The Kier molecular flexibility index (Phi) is 5.16. The molecular weight excluding hydrogens is 248 g/mol.